The molecule has 0 radical (unpaired) electrons. The zero-order valence-corrected chi connectivity index (χ0v) is 19.3. The van der Waals surface area contributed by atoms with E-state index in [1.807, 2.05) is 24.5 Å². The second-order valence-electron chi connectivity index (χ2n) is 7.00. The van der Waals surface area contributed by atoms with Crippen LogP contribution in [0.4, 0.5) is 0 Å². The van der Waals surface area contributed by atoms with Gasteiger partial charge in [0, 0.05) is 29.6 Å². The summed E-state index contributed by atoms with van der Waals surface area (Å²) in [6.45, 7) is 9.97. The number of carbonyl (C=O) groups excluding carboxylic acids is 2. The lowest BCUT2D eigenvalue weighted by atomic mass is 10.1. The van der Waals surface area contributed by atoms with Crippen LogP contribution in [0.2, 0.25) is 0 Å². The van der Waals surface area contributed by atoms with Crippen LogP contribution in [-0.2, 0) is 4.79 Å². The van der Waals surface area contributed by atoms with E-state index in [4.69, 9.17) is 0 Å². The fourth-order valence-corrected chi connectivity index (χ4v) is 3.87. The lowest BCUT2D eigenvalue weighted by Gasteiger charge is -2.30. The smallest absolute Gasteiger partial charge is 0.253 e. The minimum Gasteiger partial charge on any atom is -0.353 e. The fourth-order valence-electron chi connectivity index (χ4n) is 2.93. The van der Waals surface area contributed by atoms with Gasteiger partial charge in [-0.05, 0) is 74.2 Å². The van der Waals surface area contributed by atoms with Gasteiger partial charge in [0.25, 0.3) is 5.91 Å². The molecule has 2 N–H and O–H groups in total. The Hall–Kier alpha value is -1.05. The van der Waals surface area contributed by atoms with Crippen molar-refractivity contribution >= 4 is 39.5 Å². The summed E-state index contributed by atoms with van der Waals surface area (Å²) in [5, 5.41) is 5.87. The molecule has 1 aromatic rings. The van der Waals surface area contributed by atoms with Crippen molar-refractivity contribution in [2.24, 2.45) is 0 Å². The number of halogens is 1. The van der Waals surface area contributed by atoms with Crippen molar-refractivity contribution in [3.63, 3.8) is 0 Å². The normalized spacial score (nSPS) is 12.5. The first-order chi connectivity index (χ1) is 12.8. The van der Waals surface area contributed by atoms with Crippen molar-refractivity contribution in [3.8, 4) is 0 Å². The molecule has 0 aliphatic heterocycles. The molecule has 2 amide bonds. The highest BCUT2D eigenvalue weighted by Gasteiger charge is 2.22. The van der Waals surface area contributed by atoms with E-state index < -0.39 is 6.04 Å². The van der Waals surface area contributed by atoms with Gasteiger partial charge in [0.1, 0.15) is 6.04 Å². The molecule has 27 heavy (non-hydrogen) atoms. The molecule has 0 unspecified atom stereocenters. The molecular formula is C20H32BrN3O2S. The van der Waals surface area contributed by atoms with Gasteiger partial charge in [-0.1, -0.05) is 12.1 Å². The predicted octanol–water partition coefficient (Wildman–Crippen LogP) is 3.54. The number of nitrogens with zero attached hydrogens (tertiary/aromatic N) is 1. The lowest BCUT2D eigenvalue weighted by Crippen LogP contribution is -2.49. The maximum Gasteiger partial charge on any atom is 0.253 e. The summed E-state index contributed by atoms with van der Waals surface area (Å²) in [5.41, 5.74) is 0.533. The van der Waals surface area contributed by atoms with Gasteiger partial charge < -0.3 is 10.6 Å². The highest BCUT2D eigenvalue weighted by atomic mass is 79.9. The molecule has 0 heterocycles. The van der Waals surface area contributed by atoms with E-state index in [1.54, 1.807) is 17.8 Å². The third-order valence-corrected chi connectivity index (χ3v) is 5.68. The number of hydrogen-bond donors (Lipinski definition) is 2. The van der Waals surface area contributed by atoms with Gasteiger partial charge in [0.05, 0.1) is 5.56 Å². The number of hydrogen-bond acceptors (Lipinski definition) is 4. The van der Waals surface area contributed by atoms with Crippen LogP contribution in [0, 0.1) is 0 Å². The second kappa shape index (κ2) is 12.4. The number of carbonyl (C=O) groups is 2. The summed E-state index contributed by atoms with van der Waals surface area (Å²) >= 11 is 5.05. The topological polar surface area (TPSA) is 61.4 Å². The molecular weight excluding hydrogens is 426 g/mol. The molecule has 0 aromatic heterocycles. The molecule has 0 aliphatic rings. The molecule has 7 heteroatoms. The Labute approximate surface area is 176 Å². The van der Waals surface area contributed by atoms with E-state index in [-0.39, 0.29) is 11.8 Å². The van der Waals surface area contributed by atoms with Gasteiger partial charge in [-0.15, -0.1) is 0 Å². The van der Waals surface area contributed by atoms with Crippen molar-refractivity contribution < 1.29 is 9.59 Å². The molecule has 1 rings (SSSR count). The van der Waals surface area contributed by atoms with Gasteiger partial charge in [-0.25, -0.2) is 0 Å². The molecule has 1 aromatic carbocycles. The molecule has 0 aliphatic carbocycles. The van der Waals surface area contributed by atoms with Crippen LogP contribution in [-0.4, -0.2) is 59.9 Å². The van der Waals surface area contributed by atoms with Gasteiger partial charge in [0.15, 0.2) is 0 Å². The summed E-state index contributed by atoms with van der Waals surface area (Å²) in [6.07, 6.45) is 2.59. The van der Waals surface area contributed by atoms with E-state index in [9.17, 15) is 9.59 Å². The maximum atomic E-state index is 12.7. The van der Waals surface area contributed by atoms with Gasteiger partial charge in [0.2, 0.25) is 5.91 Å². The van der Waals surface area contributed by atoms with E-state index >= 15 is 0 Å². The van der Waals surface area contributed by atoms with Crippen LogP contribution >= 0.6 is 27.7 Å². The lowest BCUT2D eigenvalue weighted by molar-refractivity contribution is -0.123. The summed E-state index contributed by atoms with van der Waals surface area (Å²) in [4.78, 5) is 27.6. The zero-order chi connectivity index (χ0) is 20.4. The molecule has 0 fully saturated rings. The number of rotatable bonds is 11. The Morgan fingerprint density at radius 1 is 1.15 bits per heavy atom. The summed E-state index contributed by atoms with van der Waals surface area (Å²) < 4.78 is 0.719. The monoisotopic (exact) mass is 457 g/mol. The van der Waals surface area contributed by atoms with Crippen LogP contribution < -0.4 is 10.6 Å². The van der Waals surface area contributed by atoms with Crippen LogP contribution in [0.1, 0.15) is 44.5 Å². The highest BCUT2D eigenvalue weighted by Crippen LogP contribution is 2.16. The molecule has 152 valence electrons. The summed E-state index contributed by atoms with van der Waals surface area (Å²) in [7, 11) is 0. The largest absolute Gasteiger partial charge is 0.353 e. The van der Waals surface area contributed by atoms with Crippen LogP contribution in [0.15, 0.2) is 28.7 Å². The first kappa shape index (κ1) is 24.0. The molecule has 1 atom stereocenters. The molecule has 0 saturated heterocycles. The minimum atomic E-state index is -0.538. The number of benzene rings is 1. The standard InChI is InChI=1S/C20H32BrN3O2S/c1-14(2)24(15(3)4)12-11-22-20(26)18(10-13-27-5)23-19(25)16-8-6-7-9-17(16)21/h6-9,14-15,18H,10-13H2,1-5H3,(H,22,26)(H,23,25)/t18-/m1/s1. The van der Waals surface area contributed by atoms with E-state index in [1.165, 1.54) is 0 Å². The van der Waals surface area contributed by atoms with Gasteiger partial charge >= 0.3 is 0 Å². The molecule has 5 nitrogen and oxygen atoms in total. The second-order valence-corrected chi connectivity index (χ2v) is 8.84. The van der Waals surface area contributed by atoms with Crippen LogP contribution in [0.25, 0.3) is 0 Å². The summed E-state index contributed by atoms with van der Waals surface area (Å²) in [6, 6.07) is 7.53. The van der Waals surface area contributed by atoms with E-state index in [0.29, 0.717) is 30.6 Å². The SMILES string of the molecule is CSCC[C@@H](NC(=O)c1ccccc1Br)C(=O)NCCN(C(C)C)C(C)C. The van der Waals surface area contributed by atoms with Crippen LogP contribution in [0.3, 0.4) is 0 Å². The fraction of sp³-hybridized carbons (Fsp3) is 0.600. The molecule has 0 saturated carbocycles. The number of nitrogens with one attached hydrogen (secondary N) is 2. The van der Waals surface area contributed by atoms with Crippen molar-refractivity contribution in [3.05, 3.63) is 34.3 Å². The van der Waals surface area contributed by atoms with Crippen molar-refractivity contribution in [2.75, 3.05) is 25.1 Å². The molecule has 0 bridgehead atoms. The van der Waals surface area contributed by atoms with E-state index in [2.05, 4.69) is 59.2 Å². The third kappa shape index (κ3) is 8.23. The molecule has 0 spiro atoms. The quantitative estimate of drug-likeness (QED) is 0.533. The van der Waals surface area contributed by atoms with E-state index in [0.717, 1.165) is 16.8 Å². The Balaban J connectivity index is 2.68. The highest BCUT2D eigenvalue weighted by molar-refractivity contribution is 9.10. The maximum absolute atomic E-state index is 12.7. The Morgan fingerprint density at radius 2 is 1.78 bits per heavy atom. The average Bonchev–Trinajstić information content (AvgIpc) is 2.61. The Morgan fingerprint density at radius 3 is 2.33 bits per heavy atom. The third-order valence-electron chi connectivity index (χ3n) is 4.35. The Bertz CT molecular complexity index is 603. The van der Waals surface area contributed by atoms with Crippen LogP contribution in [0.5, 0.6) is 0 Å². The number of amides is 2. The minimum absolute atomic E-state index is 0.128. The van der Waals surface area contributed by atoms with Gasteiger partial charge in [-0.2, -0.15) is 11.8 Å². The first-order valence-corrected chi connectivity index (χ1v) is 11.5. The van der Waals surface area contributed by atoms with Crippen molar-refractivity contribution in [1.82, 2.24) is 15.5 Å². The van der Waals surface area contributed by atoms with Crippen molar-refractivity contribution in [2.45, 2.75) is 52.2 Å². The predicted molar refractivity (Wildman–Crippen MR) is 118 cm³/mol. The number of thioether (sulfide) groups is 1. The summed E-state index contributed by atoms with van der Waals surface area (Å²) in [5.74, 6) is 0.435. The van der Waals surface area contributed by atoms with Gasteiger partial charge in [-0.3, -0.25) is 14.5 Å². The first-order valence-electron chi connectivity index (χ1n) is 9.35. The average molecular weight is 458 g/mol. The van der Waals surface area contributed by atoms with Crippen molar-refractivity contribution in [1.29, 1.82) is 0 Å². The zero-order valence-electron chi connectivity index (χ0n) is 16.9. The Kier molecular flexibility index (Phi) is 11.0.